The Morgan fingerprint density at radius 3 is 2.75 bits per heavy atom. The Labute approximate surface area is 117 Å². The van der Waals surface area contributed by atoms with Crippen molar-refractivity contribution >= 4 is 11.9 Å². The van der Waals surface area contributed by atoms with E-state index in [-0.39, 0.29) is 24.6 Å². The van der Waals surface area contributed by atoms with E-state index in [1.165, 1.54) is 23.8 Å². The maximum Gasteiger partial charge on any atom is 0.339 e. The van der Waals surface area contributed by atoms with Crippen LogP contribution in [0.3, 0.4) is 0 Å². The van der Waals surface area contributed by atoms with Gasteiger partial charge in [0, 0.05) is 7.05 Å². The first-order valence-electron chi connectivity index (χ1n) is 6.61. The molecule has 6 nitrogen and oxygen atoms in total. The minimum absolute atomic E-state index is 0.0540. The molecule has 0 aromatic carbocycles. The number of hydrogen-bond acceptors (Lipinski definition) is 4. The van der Waals surface area contributed by atoms with Gasteiger partial charge in [0.25, 0.3) is 0 Å². The molecule has 1 saturated carbocycles. The van der Waals surface area contributed by atoms with Gasteiger partial charge in [0.05, 0.1) is 13.2 Å². The standard InChI is InChI=1S/C14H19NO5/c1-9-12(14(17)18)5-11(20-9)6-15(2)13(16)8-19-7-10-3-4-10/h5,10H,3-4,6-8H2,1-2H3,(H,17,18). The van der Waals surface area contributed by atoms with Gasteiger partial charge in [-0.2, -0.15) is 0 Å². The van der Waals surface area contributed by atoms with Gasteiger partial charge in [0.2, 0.25) is 5.91 Å². The molecule has 0 unspecified atom stereocenters. The topological polar surface area (TPSA) is 80.0 Å². The van der Waals surface area contributed by atoms with Gasteiger partial charge >= 0.3 is 5.97 Å². The van der Waals surface area contributed by atoms with Crippen LogP contribution in [-0.4, -0.2) is 42.1 Å². The van der Waals surface area contributed by atoms with Crippen LogP contribution in [0.4, 0.5) is 0 Å². The molecular formula is C14H19NO5. The number of hydrogen-bond donors (Lipinski definition) is 1. The third-order valence-corrected chi connectivity index (χ3v) is 3.29. The van der Waals surface area contributed by atoms with Gasteiger partial charge < -0.3 is 19.2 Å². The molecule has 1 aromatic rings. The summed E-state index contributed by atoms with van der Waals surface area (Å²) in [5.74, 6) is 0.256. The zero-order valence-electron chi connectivity index (χ0n) is 11.7. The molecule has 0 bridgehead atoms. The molecule has 1 aromatic heterocycles. The van der Waals surface area contributed by atoms with Gasteiger partial charge in [0.15, 0.2) is 0 Å². The lowest BCUT2D eigenvalue weighted by atomic mass is 10.2. The monoisotopic (exact) mass is 281 g/mol. The van der Waals surface area contributed by atoms with Gasteiger partial charge in [-0.1, -0.05) is 0 Å². The van der Waals surface area contributed by atoms with Gasteiger partial charge in [0.1, 0.15) is 23.7 Å². The summed E-state index contributed by atoms with van der Waals surface area (Å²) in [5, 5.41) is 8.94. The van der Waals surface area contributed by atoms with E-state index in [0.717, 1.165) is 0 Å². The van der Waals surface area contributed by atoms with Crippen molar-refractivity contribution in [3.63, 3.8) is 0 Å². The lowest BCUT2D eigenvalue weighted by Crippen LogP contribution is -2.30. The number of carbonyl (C=O) groups is 2. The Morgan fingerprint density at radius 1 is 1.50 bits per heavy atom. The number of aryl methyl sites for hydroxylation is 1. The van der Waals surface area contributed by atoms with Crippen molar-refractivity contribution in [1.82, 2.24) is 4.90 Å². The van der Waals surface area contributed by atoms with Crippen molar-refractivity contribution in [1.29, 1.82) is 0 Å². The Balaban J connectivity index is 1.82. The molecule has 1 aliphatic rings. The SMILES string of the molecule is Cc1oc(CN(C)C(=O)COCC2CC2)cc1C(=O)O. The predicted octanol–water partition coefficient (Wildman–Crippen LogP) is 1.67. The van der Waals surface area contributed by atoms with E-state index < -0.39 is 5.97 Å². The van der Waals surface area contributed by atoms with E-state index in [2.05, 4.69) is 0 Å². The number of aromatic carboxylic acids is 1. The number of amides is 1. The van der Waals surface area contributed by atoms with Crippen molar-refractivity contribution in [2.45, 2.75) is 26.3 Å². The molecule has 20 heavy (non-hydrogen) atoms. The molecular weight excluding hydrogens is 262 g/mol. The fourth-order valence-corrected chi connectivity index (χ4v) is 1.86. The highest BCUT2D eigenvalue weighted by atomic mass is 16.5. The van der Waals surface area contributed by atoms with Gasteiger partial charge in [-0.05, 0) is 31.7 Å². The number of ether oxygens (including phenoxy) is 1. The van der Waals surface area contributed by atoms with E-state index in [1.54, 1.807) is 14.0 Å². The molecule has 0 radical (unpaired) electrons. The summed E-state index contributed by atoms with van der Waals surface area (Å²) in [4.78, 5) is 24.2. The number of likely N-dealkylation sites (N-methyl/N-ethyl adjacent to an activating group) is 1. The summed E-state index contributed by atoms with van der Waals surface area (Å²) in [6, 6.07) is 1.45. The minimum atomic E-state index is -1.03. The molecule has 1 heterocycles. The highest BCUT2D eigenvalue weighted by Crippen LogP contribution is 2.28. The van der Waals surface area contributed by atoms with Crippen LogP contribution in [-0.2, 0) is 16.1 Å². The Morgan fingerprint density at radius 2 is 2.20 bits per heavy atom. The molecule has 0 saturated heterocycles. The van der Waals surface area contributed by atoms with Gasteiger partial charge in [-0.15, -0.1) is 0 Å². The maximum atomic E-state index is 11.8. The maximum absolute atomic E-state index is 11.8. The summed E-state index contributed by atoms with van der Waals surface area (Å²) < 4.78 is 10.7. The minimum Gasteiger partial charge on any atom is -0.478 e. The molecule has 0 spiro atoms. The largest absolute Gasteiger partial charge is 0.478 e. The normalized spacial score (nSPS) is 14.3. The van der Waals surface area contributed by atoms with E-state index in [9.17, 15) is 9.59 Å². The first-order chi connectivity index (χ1) is 9.47. The quantitative estimate of drug-likeness (QED) is 0.822. The van der Waals surface area contributed by atoms with Crippen LogP contribution in [0.25, 0.3) is 0 Å². The summed E-state index contributed by atoms with van der Waals surface area (Å²) in [6.45, 7) is 2.52. The number of carboxylic acid groups (broad SMARTS) is 1. The Kier molecular flexibility index (Phi) is 4.44. The molecule has 1 aliphatic carbocycles. The Hall–Kier alpha value is -1.82. The van der Waals surface area contributed by atoms with E-state index in [4.69, 9.17) is 14.3 Å². The highest BCUT2D eigenvalue weighted by Gasteiger charge is 2.22. The number of carboxylic acids is 1. The molecule has 0 aliphatic heterocycles. The van der Waals surface area contributed by atoms with E-state index >= 15 is 0 Å². The van der Waals surface area contributed by atoms with Crippen molar-refractivity contribution < 1.29 is 23.8 Å². The third-order valence-electron chi connectivity index (χ3n) is 3.29. The number of rotatable bonds is 7. The zero-order chi connectivity index (χ0) is 14.7. The molecule has 1 N–H and O–H groups in total. The smallest absolute Gasteiger partial charge is 0.339 e. The average molecular weight is 281 g/mol. The zero-order valence-corrected chi connectivity index (χ0v) is 11.7. The molecule has 6 heteroatoms. The van der Waals surface area contributed by atoms with E-state index in [0.29, 0.717) is 24.0 Å². The van der Waals surface area contributed by atoms with Crippen LogP contribution in [0, 0.1) is 12.8 Å². The van der Waals surface area contributed by atoms with Crippen LogP contribution in [0.15, 0.2) is 10.5 Å². The van der Waals surface area contributed by atoms with Crippen LogP contribution in [0.5, 0.6) is 0 Å². The lowest BCUT2D eigenvalue weighted by Gasteiger charge is -2.15. The fraction of sp³-hybridized carbons (Fsp3) is 0.571. The molecule has 110 valence electrons. The summed E-state index contributed by atoms with van der Waals surface area (Å²) in [5.41, 5.74) is 0.130. The first-order valence-corrected chi connectivity index (χ1v) is 6.61. The van der Waals surface area contributed by atoms with Crippen LogP contribution >= 0.6 is 0 Å². The highest BCUT2D eigenvalue weighted by molar-refractivity contribution is 5.88. The molecule has 1 fully saturated rings. The van der Waals surface area contributed by atoms with Crippen LogP contribution in [0.1, 0.15) is 34.7 Å². The summed E-state index contributed by atoms with van der Waals surface area (Å²) >= 11 is 0. The van der Waals surface area contributed by atoms with Crippen molar-refractivity contribution in [3.8, 4) is 0 Å². The average Bonchev–Trinajstić information content (AvgIpc) is 3.12. The number of carbonyl (C=O) groups excluding carboxylic acids is 1. The first kappa shape index (κ1) is 14.6. The van der Waals surface area contributed by atoms with Crippen molar-refractivity contribution in [3.05, 3.63) is 23.2 Å². The predicted molar refractivity (Wildman–Crippen MR) is 70.4 cm³/mol. The second kappa shape index (κ2) is 6.09. The second-order valence-corrected chi connectivity index (χ2v) is 5.20. The van der Waals surface area contributed by atoms with Crippen molar-refractivity contribution in [2.75, 3.05) is 20.3 Å². The molecule has 1 amide bonds. The van der Waals surface area contributed by atoms with Crippen molar-refractivity contribution in [2.24, 2.45) is 5.92 Å². The van der Waals surface area contributed by atoms with Gasteiger partial charge in [-0.3, -0.25) is 4.79 Å². The summed E-state index contributed by atoms with van der Waals surface area (Å²) in [7, 11) is 1.64. The molecule has 2 rings (SSSR count). The van der Waals surface area contributed by atoms with E-state index in [1.807, 2.05) is 0 Å². The lowest BCUT2D eigenvalue weighted by molar-refractivity contribution is -0.135. The number of nitrogens with zero attached hydrogens (tertiary/aromatic N) is 1. The van der Waals surface area contributed by atoms with Crippen LogP contribution in [0.2, 0.25) is 0 Å². The van der Waals surface area contributed by atoms with Gasteiger partial charge in [-0.25, -0.2) is 4.79 Å². The number of furan rings is 1. The summed E-state index contributed by atoms with van der Waals surface area (Å²) in [6.07, 6.45) is 2.38. The second-order valence-electron chi connectivity index (χ2n) is 5.20. The van der Waals surface area contributed by atoms with Crippen LogP contribution < -0.4 is 0 Å². The fourth-order valence-electron chi connectivity index (χ4n) is 1.86. The third kappa shape index (κ3) is 3.84. The molecule has 0 atom stereocenters. The Bertz CT molecular complexity index is 504.